The van der Waals surface area contributed by atoms with E-state index in [0.29, 0.717) is 12.3 Å². The van der Waals surface area contributed by atoms with Crippen LogP contribution < -0.4 is 0 Å². The van der Waals surface area contributed by atoms with Crippen molar-refractivity contribution in [3.05, 3.63) is 11.6 Å². The number of aliphatic hydroxyl groups is 3. The number of carbonyl (C=O) groups is 1. The Bertz CT molecular complexity index is 941. The summed E-state index contributed by atoms with van der Waals surface area (Å²) in [6.45, 7) is 13.6. The van der Waals surface area contributed by atoms with Crippen molar-refractivity contribution in [2.24, 2.45) is 50.2 Å². The molecule has 5 heteroatoms. The Labute approximate surface area is 211 Å². The van der Waals surface area contributed by atoms with Crippen molar-refractivity contribution in [3.8, 4) is 0 Å². The fourth-order valence-electron chi connectivity index (χ4n) is 10.8. The molecule has 4 fully saturated rings. The Morgan fingerprint density at radius 2 is 1.60 bits per heavy atom. The lowest BCUT2D eigenvalue weighted by molar-refractivity contribution is -0.243. The molecular formula is C30H48O5. The van der Waals surface area contributed by atoms with Gasteiger partial charge in [0, 0.05) is 5.41 Å². The summed E-state index contributed by atoms with van der Waals surface area (Å²) in [5.41, 5.74) is -0.0632. The molecule has 1 unspecified atom stereocenters. The minimum absolute atomic E-state index is 0.00698. The highest BCUT2D eigenvalue weighted by molar-refractivity contribution is 5.76. The second kappa shape index (κ2) is 7.57. The van der Waals surface area contributed by atoms with Crippen molar-refractivity contribution in [1.82, 2.24) is 0 Å². The third-order valence-electron chi connectivity index (χ3n) is 13.2. The van der Waals surface area contributed by atoms with E-state index < -0.39 is 29.0 Å². The molecule has 0 saturated heterocycles. The SMILES string of the molecule is CC1(C)CC[C@]2(C(=O)O)CC[C@]3(C)C(=CCC4[C@@]5(C)C[C@@H](O)[C@H](O)[C@](C)(CO)[C@@H]5CC[C@]43C)[C@@H]2C1. The molecule has 5 rings (SSSR count). The van der Waals surface area contributed by atoms with Gasteiger partial charge in [-0.1, -0.05) is 53.2 Å². The molecule has 4 N–H and O–H groups in total. The smallest absolute Gasteiger partial charge is 0.310 e. The van der Waals surface area contributed by atoms with Crippen molar-refractivity contribution < 1.29 is 25.2 Å². The van der Waals surface area contributed by atoms with Gasteiger partial charge in [-0.05, 0) is 97.2 Å². The summed E-state index contributed by atoms with van der Waals surface area (Å²) in [5, 5.41) is 42.8. The van der Waals surface area contributed by atoms with E-state index in [4.69, 9.17) is 0 Å². The van der Waals surface area contributed by atoms with Crippen LogP contribution in [0.4, 0.5) is 0 Å². The van der Waals surface area contributed by atoms with E-state index in [1.807, 2.05) is 6.92 Å². The van der Waals surface area contributed by atoms with Crippen LogP contribution in [0.15, 0.2) is 11.6 Å². The highest BCUT2D eigenvalue weighted by Crippen LogP contribution is 2.75. The van der Waals surface area contributed by atoms with Gasteiger partial charge in [-0.15, -0.1) is 0 Å². The minimum atomic E-state index is -0.907. The van der Waals surface area contributed by atoms with Crippen LogP contribution in [-0.2, 0) is 4.79 Å². The molecule has 35 heavy (non-hydrogen) atoms. The zero-order chi connectivity index (χ0) is 25.8. The first-order valence-corrected chi connectivity index (χ1v) is 14.0. The predicted molar refractivity (Wildman–Crippen MR) is 135 cm³/mol. The molecule has 0 aromatic heterocycles. The quantitative estimate of drug-likeness (QED) is 0.402. The number of carboxylic acids is 1. The number of aliphatic hydroxyl groups excluding tert-OH is 3. The lowest BCUT2D eigenvalue weighted by atomic mass is 9.33. The first-order chi connectivity index (χ1) is 16.1. The summed E-state index contributed by atoms with van der Waals surface area (Å²) in [4.78, 5) is 12.8. The van der Waals surface area contributed by atoms with Gasteiger partial charge in [-0.2, -0.15) is 0 Å². The lowest BCUT2D eigenvalue weighted by Crippen LogP contribution is -2.68. The molecule has 198 valence electrons. The average Bonchev–Trinajstić information content (AvgIpc) is 2.77. The molecule has 0 aromatic rings. The summed E-state index contributed by atoms with van der Waals surface area (Å²) in [6.07, 6.45) is 8.40. The molecular weight excluding hydrogens is 440 g/mol. The van der Waals surface area contributed by atoms with E-state index in [2.05, 4.69) is 40.7 Å². The first kappa shape index (κ1) is 25.7. The molecule has 0 aromatic carbocycles. The van der Waals surface area contributed by atoms with Gasteiger partial charge >= 0.3 is 5.97 Å². The van der Waals surface area contributed by atoms with Crippen LogP contribution >= 0.6 is 0 Å². The summed E-state index contributed by atoms with van der Waals surface area (Å²) in [6, 6.07) is 0. The van der Waals surface area contributed by atoms with Gasteiger partial charge in [0.05, 0.1) is 24.2 Å². The number of rotatable bonds is 2. The van der Waals surface area contributed by atoms with Crippen LogP contribution in [0.2, 0.25) is 0 Å². The first-order valence-electron chi connectivity index (χ1n) is 14.0. The Hall–Kier alpha value is -0.910. The van der Waals surface area contributed by atoms with Crippen LogP contribution in [-0.4, -0.2) is 45.2 Å². The maximum atomic E-state index is 12.8. The summed E-state index contributed by atoms with van der Waals surface area (Å²) in [5.74, 6) is -0.0472. The van der Waals surface area contributed by atoms with Crippen LogP contribution in [0.25, 0.3) is 0 Å². The summed E-state index contributed by atoms with van der Waals surface area (Å²) in [7, 11) is 0. The lowest BCUT2D eigenvalue weighted by Gasteiger charge is -2.71. The maximum Gasteiger partial charge on any atom is 0.310 e. The highest BCUT2D eigenvalue weighted by atomic mass is 16.4. The van der Waals surface area contributed by atoms with Crippen molar-refractivity contribution >= 4 is 5.97 Å². The second-order valence-electron chi connectivity index (χ2n) is 15.1. The Morgan fingerprint density at radius 1 is 0.943 bits per heavy atom. The average molecular weight is 489 g/mol. The standard InChI is InChI=1S/C30H48O5/c1-25(2)11-13-30(24(34)35)14-12-28(5)18(19(30)15-25)7-8-22-26(3)16-20(32)23(33)27(4,17-31)21(26)9-10-29(22,28)6/h7,19-23,31-33H,8-17H2,1-6H3,(H,34,35)/t19-,20+,21+,22?,23-,26-,27+,28+,29+,30-/m0/s1. The van der Waals surface area contributed by atoms with Crippen LogP contribution in [0.1, 0.15) is 99.3 Å². The van der Waals surface area contributed by atoms with Gasteiger partial charge in [0.1, 0.15) is 0 Å². The number of hydrogen-bond acceptors (Lipinski definition) is 4. The fraction of sp³-hybridized carbons (Fsp3) is 0.900. The number of allylic oxidation sites excluding steroid dienone is 2. The minimum Gasteiger partial charge on any atom is -0.481 e. The second-order valence-corrected chi connectivity index (χ2v) is 15.1. The van der Waals surface area contributed by atoms with E-state index in [-0.39, 0.29) is 40.1 Å². The Balaban J connectivity index is 1.61. The van der Waals surface area contributed by atoms with Crippen LogP contribution in [0, 0.1) is 50.2 Å². The molecule has 10 atom stereocenters. The molecule has 0 heterocycles. The maximum absolute atomic E-state index is 12.8. The normalized spacial score (nSPS) is 55.0. The zero-order valence-electron chi connectivity index (χ0n) is 22.7. The Kier molecular flexibility index (Phi) is 5.56. The molecule has 5 aliphatic rings. The van der Waals surface area contributed by atoms with Crippen molar-refractivity contribution in [1.29, 1.82) is 0 Å². The molecule has 4 saturated carbocycles. The van der Waals surface area contributed by atoms with Gasteiger partial charge in [-0.25, -0.2) is 0 Å². The van der Waals surface area contributed by atoms with Crippen molar-refractivity contribution in [3.63, 3.8) is 0 Å². The van der Waals surface area contributed by atoms with Gasteiger partial charge < -0.3 is 20.4 Å². The number of aliphatic carboxylic acids is 1. The van der Waals surface area contributed by atoms with E-state index in [0.717, 1.165) is 51.4 Å². The predicted octanol–water partition coefficient (Wildman–Crippen LogP) is 5.18. The van der Waals surface area contributed by atoms with E-state index >= 15 is 0 Å². The third kappa shape index (κ3) is 3.07. The molecule has 0 amide bonds. The van der Waals surface area contributed by atoms with Crippen LogP contribution in [0.5, 0.6) is 0 Å². The van der Waals surface area contributed by atoms with E-state index in [1.54, 1.807) is 0 Å². The molecule has 5 aliphatic carbocycles. The third-order valence-corrected chi connectivity index (χ3v) is 13.2. The summed E-state index contributed by atoms with van der Waals surface area (Å²) >= 11 is 0. The van der Waals surface area contributed by atoms with Gasteiger partial charge in [0.25, 0.3) is 0 Å². The molecule has 0 bridgehead atoms. The van der Waals surface area contributed by atoms with E-state index in [1.165, 1.54) is 5.57 Å². The van der Waals surface area contributed by atoms with Gasteiger partial charge in [0.15, 0.2) is 0 Å². The fourth-order valence-corrected chi connectivity index (χ4v) is 10.8. The molecule has 5 nitrogen and oxygen atoms in total. The van der Waals surface area contributed by atoms with Crippen LogP contribution in [0.3, 0.4) is 0 Å². The molecule has 0 aliphatic heterocycles. The van der Waals surface area contributed by atoms with Gasteiger partial charge in [0.2, 0.25) is 0 Å². The topological polar surface area (TPSA) is 98.0 Å². The zero-order valence-corrected chi connectivity index (χ0v) is 22.7. The van der Waals surface area contributed by atoms with Gasteiger partial charge in [-0.3, -0.25) is 4.79 Å². The molecule has 0 spiro atoms. The number of hydrogen-bond donors (Lipinski definition) is 4. The molecule has 0 radical (unpaired) electrons. The highest BCUT2D eigenvalue weighted by Gasteiger charge is 2.70. The summed E-state index contributed by atoms with van der Waals surface area (Å²) < 4.78 is 0. The van der Waals surface area contributed by atoms with Crippen molar-refractivity contribution in [2.45, 2.75) is 112 Å². The Morgan fingerprint density at radius 3 is 2.23 bits per heavy atom. The monoisotopic (exact) mass is 488 g/mol. The largest absolute Gasteiger partial charge is 0.481 e. The van der Waals surface area contributed by atoms with Crippen molar-refractivity contribution in [2.75, 3.05) is 6.61 Å². The number of carboxylic acid groups (broad SMARTS) is 1. The number of fused-ring (bicyclic) bond motifs is 7. The van der Waals surface area contributed by atoms with E-state index in [9.17, 15) is 25.2 Å².